The van der Waals surface area contributed by atoms with E-state index in [-0.39, 0.29) is 0 Å². The van der Waals surface area contributed by atoms with Crippen LogP contribution in [0.5, 0.6) is 0 Å². The average Bonchev–Trinajstić information content (AvgIpc) is 2.23. The van der Waals surface area contributed by atoms with E-state index in [1.54, 1.807) is 0 Å². The minimum atomic E-state index is 0.819. The van der Waals surface area contributed by atoms with Gasteiger partial charge in [-0.3, -0.25) is 0 Å². The lowest BCUT2D eigenvalue weighted by Gasteiger charge is -2.34. The largest absolute Gasteiger partial charge is 0.310 e. The summed E-state index contributed by atoms with van der Waals surface area (Å²) in [5, 5.41) is 3.89. The van der Waals surface area contributed by atoms with Crippen LogP contribution in [0.3, 0.4) is 0 Å². The first kappa shape index (κ1) is 10.8. The fourth-order valence-corrected chi connectivity index (χ4v) is 3.82. The summed E-state index contributed by atoms with van der Waals surface area (Å²) >= 11 is 2.13. The van der Waals surface area contributed by atoms with E-state index in [0.29, 0.717) is 0 Å². The van der Waals surface area contributed by atoms with Crippen LogP contribution in [-0.4, -0.2) is 23.6 Å². The van der Waals surface area contributed by atoms with E-state index >= 15 is 0 Å². The first-order chi connectivity index (χ1) is 6.86. The Balaban J connectivity index is 1.76. The molecule has 82 valence electrons. The highest BCUT2D eigenvalue weighted by Gasteiger charge is 2.24. The molecule has 0 aromatic heterocycles. The number of thioether (sulfide) groups is 1. The molecule has 0 aromatic carbocycles. The number of hydrogen-bond donors (Lipinski definition) is 1. The molecule has 2 fully saturated rings. The van der Waals surface area contributed by atoms with Crippen molar-refractivity contribution >= 4 is 11.8 Å². The molecule has 2 aliphatic rings. The minimum absolute atomic E-state index is 0.819. The minimum Gasteiger partial charge on any atom is -0.310 e. The van der Waals surface area contributed by atoms with E-state index in [9.17, 15) is 0 Å². The van der Waals surface area contributed by atoms with Gasteiger partial charge in [-0.15, -0.1) is 0 Å². The van der Waals surface area contributed by atoms with Crippen LogP contribution in [0.1, 0.15) is 45.4 Å². The SMILES string of the molecule is CC1CCCCC1NC1CCCSC1. The maximum Gasteiger partial charge on any atom is 0.0161 e. The quantitative estimate of drug-likeness (QED) is 0.756. The Morgan fingerprint density at radius 2 is 1.93 bits per heavy atom. The van der Waals surface area contributed by atoms with Crippen LogP contribution in [0.2, 0.25) is 0 Å². The molecule has 3 atom stereocenters. The lowest BCUT2D eigenvalue weighted by molar-refractivity contribution is 0.258. The van der Waals surface area contributed by atoms with E-state index in [0.717, 1.165) is 18.0 Å². The van der Waals surface area contributed by atoms with Gasteiger partial charge in [0.15, 0.2) is 0 Å². The summed E-state index contributed by atoms with van der Waals surface area (Å²) in [7, 11) is 0. The van der Waals surface area contributed by atoms with Crippen LogP contribution in [0.15, 0.2) is 0 Å². The first-order valence-corrected chi connectivity index (χ1v) is 7.35. The highest BCUT2D eigenvalue weighted by atomic mass is 32.2. The summed E-state index contributed by atoms with van der Waals surface area (Å²) < 4.78 is 0. The zero-order valence-corrected chi connectivity index (χ0v) is 10.1. The number of hydrogen-bond acceptors (Lipinski definition) is 2. The van der Waals surface area contributed by atoms with Gasteiger partial charge in [0.2, 0.25) is 0 Å². The van der Waals surface area contributed by atoms with Gasteiger partial charge in [0.1, 0.15) is 0 Å². The highest BCUT2D eigenvalue weighted by Crippen LogP contribution is 2.26. The molecule has 0 amide bonds. The second kappa shape index (κ2) is 5.41. The summed E-state index contributed by atoms with van der Waals surface area (Å²) in [4.78, 5) is 0. The molecule has 2 rings (SSSR count). The Morgan fingerprint density at radius 3 is 2.64 bits per heavy atom. The predicted molar refractivity (Wildman–Crippen MR) is 64.9 cm³/mol. The van der Waals surface area contributed by atoms with Crippen LogP contribution in [-0.2, 0) is 0 Å². The molecule has 1 saturated carbocycles. The van der Waals surface area contributed by atoms with Gasteiger partial charge in [0.05, 0.1) is 0 Å². The monoisotopic (exact) mass is 213 g/mol. The Bertz CT molecular complexity index is 166. The van der Waals surface area contributed by atoms with Crippen LogP contribution >= 0.6 is 11.8 Å². The van der Waals surface area contributed by atoms with Crippen molar-refractivity contribution in [1.82, 2.24) is 5.32 Å². The van der Waals surface area contributed by atoms with Gasteiger partial charge in [-0.2, -0.15) is 11.8 Å². The van der Waals surface area contributed by atoms with Crippen LogP contribution in [0.25, 0.3) is 0 Å². The fourth-order valence-electron chi connectivity index (χ4n) is 2.74. The summed E-state index contributed by atoms with van der Waals surface area (Å²) in [5.74, 6) is 3.65. The van der Waals surface area contributed by atoms with E-state index in [1.807, 2.05) is 0 Å². The molecular formula is C12H23NS. The average molecular weight is 213 g/mol. The Labute approximate surface area is 92.4 Å². The van der Waals surface area contributed by atoms with Crippen LogP contribution < -0.4 is 5.32 Å². The van der Waals surface area contributed by atoms with Gasteiger partial charge in [0, 0.05) is 17.8 Å². The second-order valence-electron chi connectivity index (χ2n) is 4.95. The van der Waals surface area contributed by atoms with E-state index in [1.165, 1.54) is 50.0 Å². The van der Waals surface area contributed by atoms with Crippen molar-refractivity contribution in [2.45, 2.75) is 57.5 Å². The standard InChI is InChI=1S/C12H23NS/c1-10-5-2-3-7-12(10)13-11-6-4-8-14-9-11/h10-13H,2-9H2,1H3. The molecule has 0 bridgehead atoms. The number of rotatable bonds is 2. The molecule has 0 radical (unpaired) electrons. The van der Waals surface area contributed by atoms with Gasteiger partial charge in [-0.05, 0) is 37.4 Å². The van der Waals surface area contributed by atoms with Gasteiger partial charge in [0.25, 0.3) is 0 Å². The normalized spacial score (nSPS) is 39.6. The van der Waals surface area contributed by atoms with E-state index < -0.39 is 0 Å². The smallest absolute Gasteiger partial charge is 0.0161 e. The Kier molecular flexibility index (Phi) is 4.18. The molecule has 1 heterocycles. The van der Waals surface area contributed by atoms with Crippen molar-refractivity contribution in [2.75, 3.05) is 11.5 Å². The third-order valence-corrected chi connectivity index (χ3v) is 4.94. The molecule has 0 spiro atoms. The maximum absolute atomic E-state index is 3.89. The van der Waals surface area contributed by atoms with Crippen LogP contribution in [0.4, 0.5) is 0 Å². The molecule has 1 aliphatic heterocycles. The molecule has 1 nitrogen and oxygen atoms in total. The van der Waals surface area contributed by atoms with Crippen molar-refractivity contribution in [2.24, 2.45) is 5.92 Å². The Hall–Kier alpha value is 0.310. The zero-order chi connectivity index (χ0) is 9.80. The van der Waals surface area contributed by atoms with Gasteiger partial charge >= 0.3 is 0 Å². The first-order valence-electron chi connectivity index (χ1n) is 6.20. The topological polar surface area (TPSA) is 12.0 Å². The van der Waals surface area contributed by atoms with Crippen LogP contribution in [0, 0.1) is 5.92 Å². The molecular weight excluding hydrogens is 190 g/mol. The number of nitrogens with one attached hydrogen (secondary N) is 1. The molecule has 3 unspecified atom stereocenters. The lowest BCUT2D eigenvalue weighted by atomic mass is 9.85. The van der Waals surface area contributed by atoms with Gasteiger partial charge in [-0.25, -0.2) is 0 Å². The maximum atomic E-state index is 3.89. The summed E-state index contributed by atoms with van der Waals surface area (Å²) in [6.07, 6.45) is 8.60. The second-order valence-corrected chi connectivity index (χ2v) is 6.10. The van der Waals surface area contributed by atoms with Gasteiger partial charge < -0.3 is 5.32 Å². The van der Waals surface area contributed by atoms with Crippen molar-refractivity contribution < 1.29 is 0 Å². The van der Waals surface area contributed by atoms with Crippen molar-refractivity contribution in [3.05, 3.63) is 0 Å². The predicted octanol–water partition coefficient (Wildman–Crippen LogP) is 3.05. The Morgan fingerprint density at radius 1 is 1.07 bits per heavy atom. The fraction of sp³-hybridized carbons (Fsp3) is 1.00. The molecule has 14 heavy (non-hydrogen) atoms. The van der Waals surface area contributed by atoms with Crippen molar-refractivity contribution in [1.29, 1.82) is 0 Å². The lowest BCUT2D eigenvalue weighted by Crippen LogP contribution is -2.45. The molecule has 1 aliphatic carbocycles. The molecule has 1 N–H and O–H groups in total. The molecule has 1 saturated heterocycles. The third-order valence-electron chi connectivity index (χ3n) is 3.72. The van der Waals surface area contributed by atoms with E-state index in [2.05, 4.69) is 24.0 Å². The third kappa shape index (κ3) is 2.90. The molecule has 0 aromatic rings. The van der Waals surface area contributed by atoms with Crippen molar-refractivity contribution in [3.8, 4) is 0 Å². The highest BCUT2D eigenvalue weighted by molar-refractivity contribution is 7.99. The van der Waals surface area contributed by atoms with E-state index in [4.69, 9.17) is 0 Å². The van der Waals surface area contributed by atoms with Crippen molar-refractivity contribution in [3.63, 3.8) is 0 Å². The summed E-state index contributed by atoms with van der Waals surface area (Å²) in [6.45, 7) is 2.42. The molecule has 2 heteroatoms. The van der Waals surface area contributed by atoms with Gasteiger partial charge in [-0.1, -0.05) is 19.8 Å². The summed E-state index contributed by atoms with van der Waals surface area (Å²) in [5.41, 5.74) is 0. The summed E-state index contributed by atoms with van der Waals surface area (Å²) in [6, 6.07) is 1.65. The zero-order valence-electron chi connectivity index (χ0n) is 9.30.